The normalized spacial score (nSPS) is 11.9. The lowest BCUT2D eigenvalue weighted by Crippen LogP contribution is -2.40. The average Bonchev–Trinajstić information content (AvgIpc) is 2.67. The standard InChI is InChI=1S/C23H31NO3/c1-3-4-5-6-7-8-9-17-22(25)24-18(2)23(26)27-21-16-12-14-19-13-10-11-15-20(19)21/h10-16,18H,3-9,17H2,1-2H3,(H,24,25)/t18-/m0/s1. The van der Waals surface area contributed by atoms with Crippen molar-refractivity contribution in [3.63, 3.8) is 0 Å². The molecule has 0 aromatic heterocycles. The first-order chi connectivity index (χ1) is 13.1. The summed E-state index contributed by atoms with van der Waals surface area (Å²) in [5.41, 5.74) is 0. The van der Waals surface area contributed by atoms with Gasteiger partial charge in [-0.2, -0.15) is 0 Å². The highest BCUT2D eigenvalue weighted by Gasteiger charge is 2.18. The summed E-state index contributed by atoms with van der Waals surface area (Å²) in [5, 5.41) is 4.64. The van der Waals surface area contributed by atoms with E-state index < -0.39 is 12.0 Å². The second-order valence-corrected chi connectivity index (χ2v) is 7.06. The lowest BCUT2D eigenvalue weighted by molar-refractivity contribution is -0.138. The number of carbonyl (C=O) groups excluding carboxylic acids is 2. The van der Waals surface area contributed by atoms with Crippen LogP contribution in [0, 0.1) is 0 Å². The minimum Gasteiger partial charge on any atom is -0.424 e. The van der Waals surface area contributed by atoms with Gasteiger partial charge in [-0.25, -0.2) is 4.79 Å². The number of amides is 1. The second kappa shape index (κ2) is 11.4. The number of carbonyl (C=O) groups is 2. The maximum absolute atomic E-state index is 12.3. The Labute approximate surface area is 162 Å². The Balaban J connectivity index is 1.74. The lowest BCUT2D eigenvalue weighted by Gasteiger charge is -2.14. The summed E-state index contributed by atoms with van der Waals surface area (Å²) < 4.78 is 5.52. The number of ether oxygens (including phenoxy) is 1. The fraction of sp³-hybridized carbons (Fsp3) is 0.478. The van der Waals surface area contributed by atoms with Crippen LogP contribution < -0.4 is 10.1 Å². The lowest BCUT2D eigenvalue weighted by atomic mass is 10.1. The highest BCUT2D eigenvalue weighted by molar-refractivity contribution is 5.92. The van der Waals surface area contributed by atoms with Crippen LogP contribution in [0.3, 0.4) is 0 Å². The molecule has 0 fully saturated rings. The van der Waals surface area contributed by atoms with E-state index in [4.69, 9.17) is 4.74 Å². The molecule has 0 aliphatic rings. The van der Waals surface area contributed by atoms with E-state index in [1.54, 1.807) is 13.0 Å². The van der Waals surface area contributed by atoms with Gasteiger partial charge in [0.2, 0.25) is 5.91 Å². The minimum absolute atomic E-state index is 0.0917. The van der Waals surface area contributed by atoms with Gasteiger partial charge >= 0.3 is 5.97 Å². The van der Waals surface area contributed by atoms with Crippen molar-refractivity contribution in [1.29, 1.82) is 0 Å². The van der Waals surface area contributed by atoms with Crippen molar-refractivity contribution in [1.82, 2.24) is 5.32 Å². The molecule has 4 nitrogen and oxygen atoms in total. The van der Waals surface area contributed by atoms with Crippen molar-refractivity contribution in [2.45, 2.75) is 71.3 Å². The molecule has 0 saturated heterocycles. The Morgan fingerprint density at radius 1 is 0.926 bits per heavy atom. The molecule has 0 aliphatic carbocycles. The van der Waals surface area contributed by atoms with Crippen LogP contribution >= 0.6 is 0 Å². The third-order valence-corrected chi connectivity index (χ3v) is 4.70. The maximum atomic E-state index is 12.3. The molecule has 4 heteroatoms. The topological polar surface area (TPSA) is 55.4 Å². The van der Waals surface area contributed by atoms with Crippen LogP contribution in [0.1, 0.15) is 65.2 Å². The van der Waals surface area contributed by atoms with E-state index >= 15 is 0 Å². The Kier molecular flexibility index (Phi) is 8.82. The summed E-state index contributed by atoms with van der Waals surface area (Å²) in [6, 6.07) is 12.7. The molecule has 1 N–H and O–H groups in total. The number of rotatable bonds is 11. The van der Waals surface area contributed by atoms with Crippen molar-refractivity contribution >= 4 is 22.6 Å². The minimum atomic E-state index is -0.666. The van der Waals surface area contributed by atoms with Crippen LogP contribution in [0.5, 0.6) is 5.75 Å². The number of esters is 1. The summed E-state index contributed by atoms with van der Waals surface area (Å²) in [7, 11) is 0. The van der Waals surface area contributed by atoms with E-state index in [1.807, 2.05) is 36.4 Å². The summed E-state index contributed by atoms with van der Waals surface area (Å²) >= 11 is 0. The smallest absolute Gasteiger partial charge is 0.333 e. The van der Waals surface area contributed by atoms with Crippen molar-refractivity contribution < 1.29 is 14.3 Å². The zero-order valence-electron chi connectivity index (χ0n) is 16.5. The molecule has 0 saturated carbocycles. The molecular formula is C23H31NO3. The number of hydrogen-bond acceptors (Lipinski definition) is 3. The molecule has 1 amide bonds. The molecule has 0 radical (unpaired) electrons. The zero-order valence-corrected chi connectivity index (χ0v) is 16.5. The predicted molar refractivity (Wildman–Crippen MR) is 110 cm³/mol. The van der Waals surface area contributed by atoms with Crippen LogP contribution in [-0.4, -0.2) is 17.9 Å². The average molecular weight is 370 g/mol. The zero-order chi connectivity index (χ0) is 19.5. The molecule has 2 rings (SSSR count). The Morgan fingerprint density at radius 2 is 1.59 bits per heavy atom. The van der Waals surface area contributed by atoms with Gasteiger partial charge in [0.1, 0.15) is 11.8 Å². The van der Waals surface area contributed by atoms with Crippen molar-refractivity contribution in [3.05, 3.63) is 42.5 Å². The quantitative estimate of drug-likeness (QED) is 0.328. The van der Waals surface area contributed by atoms with Crippen LogP contribution in [0.4, 0.5) is 0 Å². The molecule has 146 valence electrons. The van der Waals surface area contributed by atoms with Crippen molar-refractivity contribution in [2.24, 2.45) is 0 Å². The van der Waals surface area contributed by atoms with Crippen molar-refractivity contribution in [3.8, 4) is 5.75 Å². The van der Waals surface area contributed by atoms with Gasteiger partial charge < -0.3 is 10.1 Å². The highest BCUT2D eigenvalue weighted by Crippen LogP contribution is 2.25. The summed E-state index contributed by atoms with van der Waals surface area (Å²) in [6.07, 6.45) is 8.61. The molecular weight excluding hydrogens is 338 g/mol. The van der Waals surface area contributed by atoms with Gasteiger partial charge in [0.15, 0.2) is 0 Å². The van der Waals surface area contributed by atoms with Gasteiger partial charge in [0, 0.05) is 11.8 Å². The Bertz CT molecular complexity index is 736. The van der Waals surface area contributed by atoms with Gasteiger partial charge in [-0.3, -0.25) is 4.79 Å². The largest absolute Gasteiger partial charge is 0.424 e. The second-order valence-electron chi connectivity index (χ2n) is 7.06. The van der Waals surface area contributed by atoms with Crippen LogP contribution in [0.15, 0.2) is 42.5 Å². The fourth-order valence-electron chi connectivity index (χ4n) is 3.10. The van der Waals surface area contributed by atoms with Crippen molar-refractivity contribution in [2.75, 3.05) is 0 Å². The Hall–Kier alpha value is -2.36. The molecule has 2 aromatic carbocycles. The molecule has 1 atom stereocenters. The first-order valence-corrected chi connectivity index (χ1v) is 10.1. The van der Waals surface area contributed by atoms with Gasteiger partial charge in [-0.1, -0.05) is 81.8 Å². The molecule has 0 heterocycles. The van der Waals surface area contributed by atoms with E-state index in [2.05, 4.69) is 12.2 Å². The van der Waals surface area contributed by atoms with E-state index in [1.165, 1.54) is 32.1 Å². The van der Waals surface area contributed by atoms with Gasteiger partial charge in [-0.05, 0) is 24.8 Å². The molecule has 2 aromatic rings. The van der Waals surface area contributed by atoms with E-state index in [0.717, 1.165) is 23.6 Å². The van der Waals surface area contributed by atoms with Gasteiger partial charge in [-0.15, -0.1) is 0 Å². The number of hydrogen-bond donors (Lipinski definition) is 1. The molecule has 27 heavy (non-hydrogen) atoms. The van der Waals surface area contributed by atoms with Gasteiger partial charge in [0.25, 0.3) is 0 Å². The molecule has 0 aliphatic heterocycles. The molecule has 0 bridgehead atoms. The van der Waals surface area contributed by atoms with Gasteiger partial charge in [0.05, 0.1) is 0 Å². The maximum Gasteiger partial charge on any atom is 0.333 e. The SMILES string of the molecule is CCCCCCCCCC(=O)N[C@@H](C)C(=O)Oc1cccc2ccccc12. The number of fused-ring (bicyclic) bond motifs is 1. The third-order valence-electron chi connectivity index (χ3n) is 4.70. The highest BCUT2D eigenvalue weighted by atomic mass is 16.5. The fourth-order valence-corrected chi connectivity index (χ4v) is 3.10. The van der Waals surface area contributed by atoms with Crippen LogP contribution in [0.2, 0.25) is 0 Å². The predicted octanol–water partition coefficient (Wildman–Crippen LogP) is 5.39. The first kappa shape index (κ1) is 20.9. The number of benzene rings is 2. The molecule has 0 spiro atoms. The summed E-state index contributed by atoms with van der Waals surface area (Å²) in [4.78, 5) is 24.4. The van der Waals surface area contributed by atoms with Crippen LogP contribution in [-0.2, 0) is 9.59 Å². The Morgan fingerprint density at radius 3 is 2.37 bits per heavy atom. The van der Waals surface area contributed by atoms with E-state index in [-0.39, 0.29) is 5.91 Å². The van der Waals surface area contributed by atoms with E-state index in [9.17, 15) is 9.59 Å². The summed E-state index contributed by atoms with van der Waals surface area (Å²) in [6.45, 7) is 3.87. The number of nitrogens with one attached hydrogen (secondary N) is 1. The number of unbranched alkanes of at least 4 members (excludes halogenated alkanes) is 6. The van der Waals surface area contributed by atoms with E-state index in [0.29, 0.717) is 12.2 Å². The van der Waals surface area contributed by atoms with Crippen LogP contribution in [0.25, 0.3) is 10.8 Å². The third kappa shape index (κ3) is 7.05. The monoisotopic (exact) mass is 369 g/mol. The first-order valence-electron chi connectivity index (χ1n) is 10.1. The summed E-state index contributed by atoms with van der Waals surface area (Å²) in [5.74, 6) is -0.0172. The molecule has 0 unspecified atom stereocenters.